The number of carbonyl (C=O) groups is 1. The molecular formula is C14H21N3O. The Labute approximate surface area is 109 Å². The van der Waals surface area contributed by atoms with Crippen LogP contribution in [-0.2, 0) is 11.2 Å². The van der Waals surface area contributed by atoms with Crippen molar-refractivity contribution in [3.05, 3.63) is 23.9 Å². The summed E-state index contributed by atoms with van der Waals surface area (Å²) in [5.74, 6) is 0.850. The number of amides is 1. The molecule has 4 nitrogen and oxygen atoms in total. The lowest BCUT2D eigenvalue weighted by Crippen LogP contribution is -2.47. The highest BCUT2D eigenvalue weighted by atomic mass is 16.2. The number of anilines is 1. The van der Waals surface area contributed by atoms with E-state index in [0.29, 0.717) is 6.42 Å². The van der Waals surface area contributed by atoms with Gasteiger partial charge in [-0.15, -0.1) is 0 Å². The van der Waals surface area contributed by atoms with E-state index in [-0.39, 0.29) is 11.4 Å². The van der Waals surface area contributed by atoms with Crippen molar-refractivity contribution in [1.82, 2.24) is 9.99 Å². The summed E-state index contributed by atoms with van der Waals surface area (Å²) in [5, 5.41) is 3.81. The van der Waals surface area contributed by atoms with Gasteiger partial charge in [-0.3, -0.25) is 4.79 Å². The maximum atomic E-state index is 12.2. The molecule has 0 saturated carbocycles. The van der Waals surface area contributed by atoms with Gasteiger partial charge in [-0.2, -0.15) is 0 Å². The average Bonchev–Trinajstić information content (AvgIpc) is 2.58. The third-order valence-corrected chi connectivity index (χ3v) is 3.49. The molecule has 0 atom stereocenters. The molecule has 1 fully saturated rings. The summed E-state index contributed by atoms with van der Waals surface area (Å²) < 4.78 is 0. The van der Waals surface area contributed by atoms with Crippen LogP contribution < -0.4 is 5.01 Å². The van der Waals surface area contributed by atoms with Crippen molar-refractivity contribution in [3.8, 4) is 0 Å². The molecule has 0 aromatic carbocycles. The Morgan fingerprint density at radius 3 is 2.56 bits per heavy atom. The van der Waals surface area contributed by atoms with Crippen molar-refractivity contribution in [1.29, 1.82) is 0 Å². The first-order chi connectivity index (χ1) is 8.49. The number of hydrogen-bond donors (Lipinski definition) is 0. The first-order valence-corrected chi connectivity index (χ1v) is 6.55. The molecule has 2 rings (SSSR count). The molecule has 1 aromatic heterocycles. The Kier molecular flexibility index (Phi) is 3.39. The van der Waals surface area contributed by atoms with Crippen LogP contribution in [0.25, 0.3) is 0 Å². The standard InChI is InChI=1S/C14H21N3O/c1-5-11-7-8-12(15-10-11)17-13(18)9-14(3,4)16(17)6-2/h7-8,10H,5-6,9H2,1-4H3. The zero-order chi connectivity index (χ0) is 13.3. The van der Waals surface area contributed by atoms with Gasteiger partial charge in [0.1, 0.15) is 5.82 Å². The van der Waals surface area contributed by atoms with Gasteiger partial charge in [-0.1, -0.05) is 19.9 Å². The van der Waals surface area contributed by atoms with E-state index >= 15 is 0 Å². The van der Waals surface area contributed by atoms with Gasteiger partial charge < -0.3 is 0 Å². The zero-order valence-corrected chi connectivity index (χ0v) is 11.6. The quantitative estimate of drug-likeness (QED) is 0.823. The number of rotatable bonds is 3. The molecule has 98 valence electrons. The van der Waals surface area contributed by atoms with E-state index in [1.165, 1.54) is 5.56 Å². The number of hydrogen-bond acceptors (Lipinski definition) is 3. The number of aryl methyl sites for hydroxylation is 1. The summed E-state index contributed by atoms with van der Waals surface area (Å²) in [6.07, 6.45) is 3.35. The van der Waals surface area contributed by atoms with Crippen molar-refractivity contribution in [3.63, 3.8) is 0 Å². The third kappa shape index (κ3) is 2.12. The monoisotopic (exact) mass is 247 g/mol. The van der Waals surface area contributed by atoms with Gasteiger partial charge in [-0.25, -0.2) is 15.0 Å². The lowest BCUT2D eigenvalue weighted by molar-refractivity contribution is -0.118. The topological polar surface area (TPSA) is 36.4 Å². The lowest BCUT2D eigenvalue weighted by Gasteiger charge is -2.34. The number of aromatic nitrogens is 1. The molecule has 1 saturated heterocycles. The highest BCUT2D eigenvalue weighted by molar-refractivity contribution is 5.94. The van der Waals surface area contributed by atoms with Crippen molar-refractivity contribution in [2.24, 2.45) is 0 Å². The fourth-order valence-corrected chi connectivity index (χ4v) is 2.51. The Morgan fingerprint density at radius 1 is 1.33 bits per heavy atom. The molecule has 0 N–H and O–H groups in total. The van der Waals surface area contributed by atoms with Crippen LogP contribution in [0.5, 0.6) is 0 Å². The van der Waals surface area contributed by atoms with Crippen molar-refractivity contribution < 1.29 is 4.79 Å². The highest BCUT2D eigenvalue weighted by Gasteiger charge is 2.43. The van der Waals surface area contributed by atoms with Gasteiger partial charge in [0.25, 0.3) is 0 Å². The second-order valence-electron chi connectivity index (χ2n) is 5.29. The summed E-state index contributed by atoms with van der Waals surface area (Å²) >= 11 is 0. The minimum absolute atomic E-state index is 0.124. The molecule has 0 spiro atoms. The maximum Gasteiger partial charge on any atom is 0.244 e. The van der Waals surface area contributed by atoms with Crippen molar-refractivity contribution >= 4 is 11.7 Å². The van der Waals surface area contributed by atoms with Gasteiger partial charge in [0.2, 0.25) is 5.91 Å². The van der Waals surface area contributed by atoms with E-state index in [1.807, 2.05) is 18.3 Å². The summed E-state index contributed by atoms with van der Waals surface area (Å²) in [7, 11) is 0. The maximum absolute atomic E-state index is 12.2. The number of carbonyl (C=O) groups excluding carboxylic acids is 1. The van der Waals surface area contributed by atoms with Crippen LogP contribution in [0.2, 0.25) is 0 Å². The van der Waals surface area contributed by atoms with Crippen LogP contribution in [0.15, 0.2) is 18.3 Å². The Morgan fingerprint density at radius 2 is 2.06 bits per heavy atom. The van der Waals surface area contributed by atoms with Crippen LogP contribution in [-0.4, -0.2) is 28.0 Å². The van der Waals surface area contributed by atoms with E-state index in [0.717, 1.165) is 18.8 Å². The molecule has 0 radical (unpaired) electrons. The van der Waals surface area contributed by atoms with Gasteiger partial charge in [-0.05, 0) is 31.9 Å². The molecular weight excluding hydrogens is 226 g/mol. The summed E-state index contributed by atoms with van der Waals surface area (Å²) in [6.45, 7) is 9.15. The van der Waals surface area contributed by atoms with Crippen LogP contribution in [0.4, 0.5) is 5.82 Å². The SMILES string of the molecule is CCc1ccc(N2C(=O)CC(C)(C)N2CC)nc1. The first kappa shape index (κ1) is 13.0. The van der Waals surface area contributed by atoms with Gasteiger partial charge in [0.05, 0.1) is 0 Å². The molecule has 1 aliphatic heterocycles. The van der Waals surface area contributed by atoms with E-state index in [9.17, 15) is 4.79 Å². The van der Waals surface area contributed by atoms with Crippen LogP contribution in [0, 0.1) is 0 Å². The van der Waals surface area contributed by atoms with Crippen LogP contribution >= 0.6 is 0 Å². The molecule has 0 aliphatic carbocycles. The molecule has 1 aromatic rings. The van der Waals surface area contributed by atoms with E-state index in [2.05, 4.69) is 37.7 Å². The molecule has 1 aliphatic rings. The fourth-order valence-electron chi connectivity index (χ4n) is 2.51. The molecule has 1 amide bonds. The molecule has 0 bridgehead atoms. The molecule has 18 heavy (non-hydrogen) atoms. The predicted molar refractivity (Wildman–Crippen MR) is 72.2 cm³/mol. The number of pyridine rings is 1. The number of nitrogens with zero attached hydrogens (tertiary/aromatic N) is 3. The molecule has 4 heteroatoms. The number of hydrazine groups is 1. The Hall–Kier alpha value is -1.42. The largest absolute Gasteiger partial charge is 0.273 e. The summed E-state index contributed by atoms with van der Waals surface area (Å²) in [4.78, 5) is 16.6. The van der Waals surface area contributed by atoms with Crippen LogP contribution in [0.1, 0.15) is 39.7 Å². The normalized spacial score (nSPS) is 19.6. The molecule has 2 heterocycles. The predicted octanol–water partition coefficient (Wildman–Crippen LogP) is 2.40. The highest BCUT2D eigenvalue weighted by Crippen LogP contribution is 2.32. The Bertz CT molecular complexity index is 439. The van der Waals surface area contributed by atoms with Gasteiger partial charge in [0, 0.05) is 24.7 Å². The fraction of sp³-hybridized carbons (Fsp3) is 0.571. The minimum Gasteiger partial charge on any atom is -0.273 e. The summed E-state index contributed by atoms with van der Waals surface area (Å²) in [6, 6.07) is 3.97. The minimum atomic E-state index is -0.128. The lowest BCUT2D eigenvalue weighted by atomic mass is 10.0. The third-order valence-electron chi connectivity index (χ3n) is 3.49. The van der Waals surface area contributed by atoms with Crippen LogP contribution in [0.3, 0.4) is 0 Å². The second kappa shape index (κ2) is 4.69. The van der Waals surface area contributed by atoms with E-state index in [1.54, 1.807) is 5.01 Å². The van der Waals surface area contributed by atoms with Crippen molar-refractivity contribution in [2.75, 3.05) is 11.6 Å². The summed E-state index contributed by atoms with van der Waals surface area (Å²) in [5.41, 5.74) is 1.06. The molecule has 0 unspecified atom stereocenters. The smallest absolute Gasteiger partial charge is 0.244 e. The first-order valence-electron chi connectivity index (χ1n) is 6.55. The van der Waals surface area contributed by atoms with Gasteiger partial charge >= 0.3 is 0 Å². The second-order valence-corrected chi connectivity index (χ2v) is 5.29. The van der Waals surface area contributed by atoms with Gasteiger partial charge in [0.15, 0.2) is 0 Å². The Balaban J connectivity index is 2.33. The zero-order valence-electron chi connectivity index (χ0n) is 11.6. The average molecular weight is 247 g/mol. The van der Waals surface area contributed by atoms with E-state index < -0.39 is 0 Å². The van der Waals surface area contributed by atoms with Crippen molar-refractivity contribution in [2.45, 2.75) is 46.1 Å². The van der Waals surface area contributed by atoms with E-state index in [4.69, 9.17) is 0 Å².